The van der Waals surface area contributed by atoms with Crippen LogP contribution in [-0.2, 0) is 19.0 Å². The van der Waals surface area contributed by atoms with Crippen LogP contribution < -0.4 is 4.90 Å². The molecule has 1 saturated heterocycles. The van der Waals surface area contributed by atoms with Crippen molar-refractivity contribution in [2.75, 3.05) is 44.9 Å². The molecular weight excluding hydrogens is 443 g/mol. The monoisotopic (exact) mass is 464 g/mol. The number of aromatic amines is 1. The fourth-order valence-electron chi connectivity index (χ4n) is 3.52. The predicted molar refractivity (Wildman–Crippen MR) is 119 cm³/mol. The van der Waals surface area contributed by atoms with Gasteiger partial charge in [-0.2, -0.15) is 5.10 Å². The zero-order valence-electron chi connectivity index (χ0n) is 16.9. The molecule has 0 aliphatic carbocycles. The highest BCUT2D eigenvalue weighted by atomic mass is 35.5. The number of ether oxygens (including phenoxy) is 3. The first-order chi connectivity index (χ1) is 15.1. The Labute approximate surface area is 189 Å². The number of benzene rings is 1. The van der Waals surface area contributed by atoms with Gasteiger partial charge >= 0.3 is 5.97 Å². The second kappa shape index (κ2) is 9.82. The number of hydrogen-bond acceptors (Lipinski definition) is 7. The number of aromatic nitrogens is 3. The van der Waals surface area contributed by atoms with Gasteiger partial charge in [0.25, 0.3) is 0 Å². The van der Waals surface area contributed by atoms with E-state index in [4.69, 9.17) is 37.7 Å². The standard InChI is InChI=1S/C21H22Cl2N4O4/c1-29-19(28)4-6-30-12-14-11-27(5-7-31-14)18-8-16(13-9-24-25-10-13)15-2-3-17(22)20(23)21(15)26-18/h2-3,8-10,14H,4-7,11-12H2,1H3,(H,24,25)/t14-/m0/s1. The van der Waals surface area contributed by atoms with Crippen molar-refractivity contribution in [3.8, 4) is 11.1 Å². The van der Waals surface area contributed by atoms with Gasteiger partial charge in [-0.15, -0.1) is 0 Å². The number of fused-ring (bicyclic) bond motifs is 1. The summed E-state index contributed by atoms with van der Waals surface area (Å²) in [6, 6.07) is 5.71. The Kier molecular flexibility index (Phi) is 6.92. The molecule has 0 unspecified atom stereocenters. The number of methoxy groups -OCH3 is 1. The lowest BCUT2D eigenvalue weighted by Crippen LogP contribution is -2.45. The Morgan fingerprint density at radius 3 is 3.03 bits per heavy atom. The topological polar surface area (TPSA) is 89.6 Å². The van der Waals surface area contributed by atoms with E-state index < -0.39 is 0 Å². The minimum absolute atomic E-state index is 0.142. The average Bonchev–Trinajstić information content (AvgIpc) is 3.33. The van der Waals surface area contributed by atoms with Crippen LogP contribution in [0.1, 0.15) is 6.42 Å². The van der Waals surface area contributed by atoms with Gasteiger partial charge in [0.2, 0.25) is 0 Å². The maximum atomic E-state index is 11.2. The van der Waals surface area contributed by atoms with Crippen LogP contribution >= 0.6 is 23.2 Å². The first-order valence-corrected chi connectivity index (χ1v) is 10.6. The highest BCUT2D eigenvalue weighted by Crippen LogP contribution is 2.37. The van der Waals surface area contributed by atoms with Crippen molar-refractivity contribution in [1.29, 1.82) is 0 Å². The van der Waals surface area contributed by atoms with Crippen molar-refractivity contribution in [1.82, 2.24) is 15.2 Å². The maximum absolute atomic E-state index is 11.2. The Morgan fingerprint density at radius 1 is 1.39 bits per heavy atom. The molecule has 0 spiro atoms. The summed E-state index contributed by atoms with van der Waals surface area (Å²) >= 11 is 12.8. The number of hydrogen-bond donors (Lipinski definition) is 1. The van der Waals surface area contributed by atoms with Crippen molar-refractivity contribution in [2.24, 2.45) is 0 Å². The average molecular weight is 465 g/mol. The molecule has 3 aromatic rings. The number of halogens is 2. The molecule has 3 heterocycles. The number of carbonyl (C=O) groups excluding carboxylic acids is 1. The van der Waals surface area contributed by atoms with Gasteiger partial charge in [0.15, 0.2) is 0 Å². The largest absolute Gasteiger partial charge is 0.469 e. The molecule has 1 atom stereocenters. The minimum atomic E-state index is -0.297. The summed E-state index contributed by atoms with van der Waals surface area (Å²) in [5.74, 6) is 0.476. The second-order valence-corrected chi connectivity index (χ2v) is 7.90. The Hall–Kier alpha value is -2.39. The summed E-state index contributed by atoms with van der Waals surface area (Å²) in [6.45, 7) is 2.48. The van der Waals surface area contributed by atoms with E-state index in [1.807, 2.05) is 18.3 Å². The smallest absolute Gasteiger partial charge is 0.307 e. The van der Waals surface area contributed by atoms with Gasteiger partial charge in [0, 0.05) is 30.2 Å². The highest BCUT2D eigenvalue weighted by molar-refractivity contribution is 6.45. The number of carbonyl (C=O) groups is 1. The highest BCUT2D eigenvalue weighted by Gasteiger charge is 2.24. The van der Waals surface area contributed by atoms with Crippen molar-refractivity contribution in [3.63, 3.8) is 0 Å². The number of H-pyrrole nitrogens is 1. The molecule has 1 aliphatic heterocycles. The quantitative estimate of drug-likeness (QED) is 0.420. The lowest BCUT2D eigenvalue weighted by molar-refractivity contribution is -0.142. The normalized spacial score (nSPS) is 16.6. The van der Waals surface area contributed by atoms with Crippen molar-refractivity contribution in [3.05, 3.63) is 40.6 Å². The lowest BCUT2D eigenvalue weighted by Gasteiger charge is -2.34. The minimum Gasteiger partial charge on any atom is -0.469 e. The van der Waals surface area contributed by atoms with E-state index in [2.05, 4.69) is 19.8 Å². The van der Waals surface area contributed by atoms with Gasteiger partial charge in [-0.1, -0.05) is 29.3 Å². The molecule has 1 fully saturated rings. The maximum Gasteiger partial charge on any atom is 0.307 e. The van der Waals surface area contributed by atoms with Gasteiger partial charge in [0.05, 0.1) is 61.2 Å². The Balaban J connectivity index is 1.57. The Bertz CT molecular complexity index is 1060. The van der Waals surface area contributed by atoms with E-state index in [1.165, 1.54) is 7.11 Å². The SMILES string of the molecule is COC(=O)CCOC[C@@H]1CN(c2cc(-c3cn[nH]c3)c3ccc(Cl)c(Cl)c3n2)CCO1. The molecule has 1 N–H and O–H groups in total. The van der Waals surface area contributed by atoms with E-state index in [0.29, 0.717) is 48.5 Å². The van der Waals surface area contributed by atoms with Crippen LogP contribution in [0.25, 0.3) is 22.0 Å². The third-order valence-corrected chi connectivity index (χ3v) is 5.91. The van der Waals surface area contributed by atoms with E-state index in [1.54, 1.807) is 12.3 Å². The van der Waals surface area contributed by atoms with Gasteiger partial charge in [0.1, 0.15) is 5.82 Å². The zero-order valence-corrected chi connectivity index (χ0v) is 18.4. The van der Waals surface area contributed by atoms with Crippen molar-refractivity contribution in [2.45, 2.75) is 12.5 Å². The fourth-order valence-corrected chi connectivity index (χ4v) is 3.88. The third kappa shape index (κ3) is 4.93. The van der Waals surface area contributed by atoms with Crippen LogP contribution in [0.4, 0.5) is 5.82 Å². The van der Waals surface area contributed by atoms with Crippen LogP contribution in [-0.4, -0.2) is 67.3 Å². The predicted octanol–water partition coefficient (Wildman–Crippen LogP) is 3.72. The van der Waals surface area contributed by atoms with Gasteiger partial charge in [-0.05, 0) is 17.7 Å². The van der Waals surface area contributed by atoms with Crippen LogP contribution in [0.3, 0.4) is 0 Å². The first-order valence-electron chi connectivity index (χ1n) is 9.86. The molecule has 0 saturated carbocycles. The summed E-state index contributed by atoms with van der Waals surface area (Å²) in [5.41, 5.74) is 2.54. The lowest BCUT2D eigenvalue weighted by atomic mass is 10.0. The van der Waals surface area contributed by atoms with E-state index in [0.717, 1.165) is 22.3 Å². The molecule has 0 radical (unpaired) electrons. The molecule has 4 rings (SSSR count). The van der Waals surface area contributed by atoms with E-state index >= 15 is 0 Å². The number of nitrogens with one attached hydrogen (secondary N) is 1. The molecule has 8 nitrogen and oxygen atoms in total. The molecule has 1 aliphatic rings. The number of rotatable bonds is 7. The van der Waals surface area contributed by atoms with Gasteiger partial charge in [-0.25, -0.2) is 4.98 Å². The molecule has 10 heteroatoms. The number of pyridine rings is 1. The van der Waals surface area contributed by atoms with E-state index in [-0.39, 0.29) is 18.5 Å². The Morgan fingerprint density at radius 2 is 2.26 bits per heavy atom. The zero-order chi connectivity index (χ0) is 21.8. The third-order valence-electron chi connectivity index (χ3n) is 5.11. The van der Waals surface area contributed by atoms with Crippen LogP contribution in [0.5, 0.6) is 0 Å². The van der Waals surface area contributed by atoms with Crippen LogP contribution in [0, 0.1) is 0 Å². The summed E-state index contributed by atoms with van der Waals surface area (Å²) in [4.78, 5) is 18.2. The molecule has 164 valence electrons. The molecule has 0 bridgehead atoms. The molecular formula is C21H22Cl2N4O4. The van der Waals surface area contributed by atoms with Crippen molar-refractivity contribution < 1.29 is 19.0 Å². The first kappa shape index (κ1) is 21.8. The summed E-state index contributed by atoms with van der Waals surface area (Å²) in [6.07, 6.45) is 3.67. The number of nitrogens with zero attached hydrogens (tertiary/aromatic N) is 3. The van der Waals surface area contributed by atoms with Crippen molar-refractivity contribution >= 4 is 45.9 Å². The molecule has 0 amide bonds. The molecule has 31 heavy (non-hydrogen) atoms. The number of anilines is 1. The summed E-state index contributed by atoms with van der Waals surface area (Å²) in [7, 11) is 1.36. The van der Waals surface area contributed by atoms with Crippen LogP contribution in [0.15, 0.2) is 30.6 Å². The second-order valence-electron chi connectivity index (χ2n) is 7.11. The number of morpholine rings is 1. The van der Waals surface area contributed by atoms with Gasteiger partial charge < -0.3 is 19.1 Å². The molecule has 2 aromatic heterocycles. The van der Waals surface area contributed by atoms with Gasteiger partial charge in [-0.3, -0.25) is 9.89 Å². The fraction of sp³-hybridized carbons (Fsp3) is 0.381. The number of esters is 1. The molecule has 1 aromatic carbocycles. The van der Waals surface area contributed by atoms with E-state index in [9.17, 15) is 4.79 Å². The van der Waals surface area contributed by atoms with Crippen LogP contribution in [0.2, 0.25) is 10.0 Å². The summed E-state index contributed by atoms with van der Waals surface area (Å²) in [5, 5.41) is 8.70. The summed E-state index contributed by atoms with van der Waals surface area (Å²) < 4.78 is 16.0.